The molecule has 0 radical (unpaired) electrons. The first-order valence-electron chi connectivity index (χ1n) is 7.65. The van der Waals surface area contributed by atoms with Crippen LogP contribution in [0.15, 0.2) is 42.0 Å². The standard InChI is InChI=1S/C19H21BrO2/c1-14-11-18(2)17(20)19(12-14,13-22-18)16(21)10-6-9-15-7-4-3-5-8-15/h3-5,7-8,12,16-17,21H,10-11,13H2,1-2H3/t16-,17-,18+,19+/m1/s1. The first-order chi connectivity index (χ1) is 10.5. The summed E-state index contributed by atoms with van der Waals surface area (Å²) in [6.07, 6.45) is 3.01. The van der Waals surface area contributed by atoms with Crippen molar-refractivity contribution >= 4 is 15.9 Å². The van der Waals surface area contributed by atoms with Gasteiger partial charge in [0.05, 0.1) is 28.6 Å². The number of aliphatic hydroxyl groups is 1. The molecule has 1 aromatic rings. The van der Waals surface area contributed by atoms with Gasteiger partial charge >= 0.3 is 0 Å². The van der Waals surface area contributed by atoms with Gasteiger partial charge < -0.3 is 9.84 Å². The summed E-state index contributed by atoms with van der Waals surface area (Å²) < 4.78 is 6.03. The lowest BCUT2D eigenvalue weighted by atomic mass is 9.69. The van der Waals surface area contributed by atoms with Crippen molar-refractivity contribution in [2.45, 2.75) is 43.2 Å². The van der Waals surface area contributed by atoms with E-state index in [1.807, 2.05) is 30.3 Å². The fourth-order valence-corrected chi connectivity index (χ4v) is 4.51. The summed E-state index contributed by atoms with van der Waals surface area (Å²) in [4.78, 5) is 0.115. The molecule has 0 amide bonds. The first kappa shape index (κ1) is 15.8. The van der Waals surface area contributed by atoms with Gasteiger partial charge in [-0.1, -0.05) is 57.6 Å². The zero-order valence-corrected chi connectivity index (χ0v) is 14.6. The number of rotatable bonds is 2. The molecule has 0 saturated carbocycles. The van der Waals surface area contributed by atoms with Crippen molar-refractivity contribution in [2.75, 3.05) is 6.61 Å². The SMILES string of the molecule is CC1=C[C@@]2([C@H](O)CC#Cc3ccccc3)CO[C@@](C)(C1)[C@H]2Br. The third-order valence-corrected chi connectivity index (χ3v) is 6.55. The lowest BCUT2D eigenvalue weighted by Crippen LogP contribution is -2.48. The lowest BCUT2D eigenvalue weighted by Gasteiger charge is -2.40. The third-order valence-electron chi connectivity index (χ3n) is 4.73. The van der Waals surface area contributed by atoms with Crippen LogP contribution in [0.25, 0.3) is 0 Å². The van der Waals surface area contributed by atoms with Crippen molar-refractivity contribution in [1.29, 1.82) is 0 Å². The molecule has 0 spiro atoms. The number of alkyl halides is 1. The average molecular weight is 361 g/mol. The van der Waals surface area contributed by atoms with E-state index in [1.165, 1.54) is 5.57 Å². The van der Waals surface area contributed by atoms with Crippen LogP contribution in [0.4, 0.5) is 0 Å². The van der Waals surface area contributed by atoms with E-state index in [2.05, 4.69) is 47.7 Å². The molecule has 3 heteroatoms. The summed E-state index contributed by atoms with van der Waals surface area (Å²) in [6, 6.07) is 9.87. The summed E-state index contributed by atoms with van der Waals surface area (Å²) in [5.74, 6) is 6.24. The second-order valence-electron chi connectivity index (χ2n) is 6.63. The molecule has 1 N–H and O–H groups in total. The predicted molar refractivity (Wildman–Crippen MR) is 91.8 cm³/mol. The molecule has 2 aliphatic rings. The molecule has 1 heterocycles. The fourth-order valence-electron chi connectivity index (χ4n) is 3.65. The highest BCUT2D eigenvalue weighted by Gasteiger charge is 2.59. The highest BCUT2D eigenvalue weighted by molar-refractivity contribution is 9.09. The topological polar surface area (TPSA) is 29.5 Å². The summed E-state index contributed by atoms with van der Waals surface area (Å²) in [6.45, 7) is 4.78. The molecule has 4 atom stereocenters. The average Bonchev–Trinajstić information content (AvgIpc) is 2.66. The zero-order valence-electron chi connectivity index (χ0n) is 13.0. The minimum atomic E-state index is -0.537. The Morgan fingerprint density at radius 2 is 2.14 bits per heavy atom. The fraction of sp³-hybridized carbons (Fsp3) is 0.474. The second-order valence-corrected chi connectivity index (χ2v) is 7.55. The Balaban J connectivity index is 1.79. The number of halogens is 1. The van der Waals surface area contributed by atoms with Crippen LogP contribution in [0, 0.1) is 17.3 Å². The van der Waals surface area contributed by atoms with E-state index >= 15 is 0 Å². The maximum atomic E-state index is 10.8. The van der Waals surface area contributed by atoms with Crippen molar-refractivity contribution in [1.82, 2.24) is 0 Å². The molecule has 0 aromatic heterocycles. The van der Waals surface area contributed by atoms with E-state index < -0.39 is 6.10 Å². The lowest BCUT2D eigenvalue weighted by molar-refractivity contribution is 0.0153. The van der Waals surface area contributed by atoms with Gasteiger partial charge in [0.1, 0.15) is 0 Å². The van der Waals surface area contributed by atoms with E-state index in [0.29, 0.717) is 13.0 Å². The molecule has 1 aliphatic carbocycles. The molecule has 1 aliphatic heterocycles. The van der Waals surface area contributed by atoms with Gasteiger partial charge in [0.2, 0.25) is 0 Å². The van der Waals surface area contributed by atoms with Crippen LogP contribution in [0.3, 0.4) is 0 Å². The number of benzene rings is 1. The van der Waals surface area contributed by atoms with Gasteiger partial charge in [0.15, 0.2) is 0 Å². The first-order valence-corrected chi connectivity index (χ1v) is 8.56. The smallest absolute Gasteiger partial charge is 0.0826 e. The molecular formula is C19H21BrO2. The van der Waals surface area contributed by atoms with Gasteiger partial charge in [0.25, 0.3) is 0 Å². The maximum Gasteiger partial charge on any atom is 0.0826 e. The highest BCUT2D eigenvalue weighted by atomic mass is 79.9. The number of aliphatic hydroxyl groups excluding tert-OH is 1. The quantitative estimate of drug-likeness (QED) is 0.495. The Kier molecular flexibility index (Phi) is 4.20. The zero-order chi connectivity index (χ0) is 15.8. The monoisotopic (exact) mass is 360 g/mol. The number of ether oxygens (including phenoxy) is 1. The van der Waals surface area contributed by atoms with Crippen LogP contribution in [-0.4, -0.2) is 28.2 Å². The Hall–Kier alpha value is -1.08. The summed E-state index contributed by atoms with van der Waals surface area (Å²) in [5, 5.41) is 10.8. The summed E-state index contributed by atoms with van der Waals surface area (Å²) >= 11 is 3.78. The minimum absolute atomic E-state index is 0.115. The molecule has 2 nitrogen and oxygen atoms in total. The molecule has 3 rings (SSSR count). The van der Waals surface area contributed by atoms with E-state index in [-0.39, 0.29) is 15.8 Å². The minimum Gasteiger partial charge on any atom is -0.391 e. The molecule has 1 fully saturated rings. The molecule has 0 unspecified atom stereocenters. The molecule has 116 valence electrons. The summed E-state index contributed by atoms with van der Waals surface area (Å²) in [5.41, 5.74) is 1.66. The largest absolute Gasteiger partial charge is 0.391 e. The van der Waals surface area contributed by atoms with Gasteiger partial charge in [0, 0.05) is 12.0 Å². The van der Waals surface area contributed by atoms with Crippen molar-refractivity contribution in [3.63, 3.8) is 0 Å². The highest BCUT2D eigenvalue weighted by Crippen LogP contribution is 2.54. The van der Waals surface area contributed by atoms with Crippen molar-refractivity contribution in [3.8, 4) is 11.8 Å². The van der Waals surface area contributed by atoms with Gasteiger partial charge in [-0.25, -0.2) is 0 Å². The Morgan fingerprint density at radius 1 is 1.41 bits per heavy atom. The second kappa shape index (κ2) is 5.85. The van der Waals surface area contributed by atoms with Crippen molar-refractivity contribution in [3.05, 3.63) is 47.5 Å². The molecule has 22 heavy (non-hydrogen) atoms. The predicted octanol–water partition coefficient (Wildman–Crippen LogP) is 3.68. The van der Waals surface area contributed by atoms with Crippen LogP contribution < -0.4 is 0 Å². The van der Waals surface area contributed by atoms with Gasteiger partial charge in [-0.05, 0) is 32.4 Å². The van der Waals surface area contributed by atoms with Crippen LogP contribution in [0.1, 0.15) is 32.3 Å². The number of fused-ring (bicyclic) bond motifs is 2. The number of hydrogen-bond acceptors (Lipinski definition) is 2. The van der Waals surface area contributed by atoms with E-state index in [9.17, 15) is 5.11 Å². The summed E-state index contributed by atoms with van der Waals surface area (Å²) in [7, 11) is 0. The molecular weight excluding hydrogens is 340 g/mol. The third kappa shape index (κ3) is 2.65. The van der Waals surface area contributed by atoms with Crippen LogP contribution in [0.2, 0.25) is 0 Å². The van der Waals surface area contributed by atoms with Crippen LogP contribution in [-0.2, 0) is 4.74 Å². The van der Waals surface area contributed by atoms with E-state index in [1.54, 1.807) is 0 Å². The van der Waals surface area contributed by atoms with E-state index in [4.69, 9.17) is 4.74 Å². The van der Waals surface area contributed by atoms with Crippen molar-refractivity contribution < 1.29 is 9.84 Å². The Morgan fingerprint density at radius 3 is 2.86 bits per heavy atom. The van der Waals surface area contributed by atoms with Crippen molar-refractivity contribution in [2.24, 2.45) is 5.41 Å². The van der Waals surface area contributed by atoms with Crippen LogP contribution >= 0.6 is 15.9 Å². The Bertz CT molecular complexity index is 642. The van der Waals surface area contributed by atoms with Crippen LogP contribution in [0.5, 0.6) is 0 Å². The normalized spacial score (nSPS) is 34.5. The molecule has 1 saturated heterocycles. The number of hydrogen-bond donors (Lipinski definition) is 1. The Labute approximate surface area is 140 Å². The van der Waals surface area contributed by atoms with Gasteiger partial charge in [-0.2, -0.15) is 0 Å². The molecule has 1 aromatic carbocycles. The van der Waals surface area contributed by atoms with Gasteiger partial charge in [-0.3, -0.25) is 0 Å². The maximum absolute atomic E-state index is 10.8. The van der Waals surface area contributed by atoms with Gasteiger partial charge in [-0.15, -0.1) is 0 Å². The van der Waals surface area contributed by atoms with E-state index in [0.717, 1.165) is 12.0 Å². The molecule has 2 bridgehead atoms.